The van der Waals surface area contributed by atoms with Crippen LogP contribution in [-0.2, 0) is 17.8 Å². The second-order valence-corrected chi connectivity index (χ2v) is 6.55. The number of nitrogens with one attached hydrogen (secondary N) is 1. The molecule has 0 aliphatic rings. The van der Waals surface area contributed by atoms with Gasteiger partial charge in [0, 0.05) is 12.6 Å². The van der Waals surface area contributed by atoms with Crippen LogP contribution in [0.3, 0.4) is 0 Å². The lowest BCUT2D eigenvalue weighted by atomic mass is 10.1. The van der Waals surface area contributed by atoms with Crippen molar-refractivity contribution in [1.82, 2.24) is 10.5 Å². The molecule has 0 aliphatic heterocycles. The molecule has 26 heavy (non-hydrogen) atoms. The molecule has 1 unspecified atom stereocenters. The first kappa shape index (κ1) is 20.0. The van der Waals surface area contributed by atoms with Gasteiger partial charge in [-0.3, -0.25) is 4.79 Å². The van der Waals surface area contributed by atoms with Crippen molar-refractivity contribution in [1.29, 1.82) is 0 Å². The Bertz CT molecular complexity index is 675. The topological polar surface area (TPSA) is 90.4 Å². The molecule has 2 rings (SSSR count). The predicted molar refractivity (Wildman–Crippen MR) is 101 cm³/mol. The molecule has 0 spiro atoms. The Morgan fingerprint density at radius 3 is 2.62 bits per heavy atom. The Balaban J connectivity index is 1.84. The lowest BCUT2D eigenvalue weighted by Crippen LogP contribution is -2.40. The summed E-state index contributed by atoms with van der Waals surface area (Å²) < 4.78 is 10.9. The molecule has 0 saturated carbocycles. The van der Waals surface area contributed by atoms with E-state index in [2.05, 4.69) is 17.4 Å². The number of rotatable bonds is 10. The van der Waals surface area contributed by atoms with Crippen LogP contribution in [0.1, 0.15) is 48.8 Å². The number of unbranched alkanes of at least 4 members (excludes halogenated alkanes) is 1. The highest BCUT2D eigenvalue weighted by Gasteiger charge is 2.12. The van der Waals surface area contributed by atoms with Crippen LogP contribution >= 0.6 is 0 Å². The first-order valence-electron chi connectivity index (χ1n) is 9.16. The van der Waals surface area contributed by atoms with Crippen LogP contribution < -0.4 is 15.8 Å². The van der Waals surface area contributed by atoms with Crippen LogP contribution in [0.5, 0.6) is 5.75 Å². The fraction of sp³-hybridized carbons (Fsp3) is 0.500. The number of nitrogens with two attached hydrogens (primary N) is 1. The van der Waals surface area contributed by atoms with E-state index >= 15 is 0 Å². The summed E-state index contributed by atoms with van der Waals surface area (Å²) in [5.41, 5.74) is 8.48. The number of amides is 1. The Kier molecular flexibility index (Phi) is 7.66. The van der Waals surface area contributed by atoms with Crippen LogP contribution in [0.15, 0.2) is 28.8 Å². The van der Waals surface area contributed by atoms with Gasteiger partial charge in [-0.1, -0.05) is 37.1 Å². The van der Waals surface area contributed by atoms with Crippen LogP contribution in [0.2, 0.25) is 0 Å². The number of aromatic nitrogens is 1. The van der Waals surface area contributed by atoms with Crippen molar-refractivity contribution in [2.24, 2.45) is 5.73 Å². The number of nitrogens with zero attached hydrogens (tertiary/aromatic N) is 1. The summed E-state index contributed by atoms with van der Waals surface area (Å²) in [6, 6.07) is 7.62. The number of hydrogen-bond donors (Lipinski definition) is 2. The highest BCUT2D eigenvalue weighted by Crippen LogP contribution is 2.18. The standard InChI is InChI=1S/C20H29N3O3/c1-4-5-6-17(12-21)22-20(24)11-16-7-9-18(10-8-16)25-13-19-14(2)23-26-15(19)3/h7-10,17H,4-6,11-13,21H2,1-3H3,(H,22,24). The fourth-order valence-electron chi connectivity index (χ4n) is 2.73. The van der Waals surface area contributed by atoms with Gasteiger partial charge in [-0.15, -0.1) is 0 Å². The van der Waals surface area contributed by atoms with Crippen molar-refractivity contribution < 1.29 is 14.1 Å². The average molecular weight is 359 g/mol. The van der Waals surface area contributed by atoms with E-state index in [1.165, 1.54) is 0 Å². The van der Waals surface area contributed by atoms with E-state index in [9.17, 15) is 4.79 Å². The van der Waals surface area contributed by atoms with Crippen LogP contribution in [0.4, 0.5) is 0 Å². The maximum Gasteiger partial charge on any atom is 0.224 e. The van der Waals surface area contributed by atoms with Gasteiger partial charge in [0.2, 0.25) is 5.91 Å². The summed E-state index contributed by atoms with van der Waals surface area (Å²) in [6.45, 7) is 6.78. The van der Waals surface area contributed by atoms with E-state index in [0.717, 1.165) is 47.6 Å². The molecule has 1 aromatic heterocycles. The van der Waals surface area contributed by atoms with Gasteiger partial charge >= 0.3 is 0 Å². The van der Waals surface area contributed by atoms with Gasteiger partial charge in [-0.25, -0.2) is 0 Å². The van der Waals surface area contributed by atoms with Crippen molar-refractivity contribution in [2.75, 3.05) is 6.54 Å². The zero-order chi connectivity index (χ0) is 18.9. The molecule has 0 fully saturated rings. The Hall–Kier alpha value is -2.34. The van der Waals surface area contributed by atoms with E-state index in [-0.39, 0.29) is 11.9 Å². The molecular formula is C20H29N3O3. The van der Waals surface area contributed by atoms with Gasteiger partial charge in [0.05, 0.1) is 17.7 Å². The van der Waals surface area contributed by atoms with Crippen molar-refractivity contribution in [2.45, 2.75) is 59.1 Å². The zero-order valence-corrected chi connectivity index (χ0v) is 15.9. The summed E-state index contributed by atoms with van der Waals surface area (Å²) in [7, 11) is 0. The Labute approximate surface area is 155 Å². The van der Waals surface area contributed by atoms with E-state index in [1.54, 1.807) is 0 Å². The lowest BCUT2D eigenvalue weighted by Gasteiger charge is -2.16. The van der Waals surface area contributed by atoms with Gasteiger partial charge in [0.15, 0.2) is 0 Å². The number of hydrogen-bond acceptors (Lipinski definition) is 5. The molecule has 1 amide bonds. The molecule has 1 atom stereocenters. The number of ether oxygens (including phenoxy) is 1. The monoisotopic (exact) mass is 359 g/mol. The minimum atomic E-state index is 0.000873. The third-order valence-electron chi connectivity index (χ3n) is 4.41. The number of aryl methyl sites for hydroxylation is 2. The highest BCUT2D eigenvalue weighted by atomic mass is 16.5. The Morgan fingerprint density at radius 2 is 2.04 bits per heavy atom. The van der Waals surface area contributed by atoms with E-state index < -0.39 is 0 Å². The molecule has 1 heterocycles. The molecule has 6 nitrogen and oxygen atoms in total. The molecule has 2 aromatic rings. The van der Waals surface area contributed by atoms with E-state index in [4.69, 9.17) is 15.0 Å². The average Bonchev–Trinajstić information content (AvgIpc) is 2.96. The third kappa shape index (κ3) is 5.88. The SMILES string of the molecule is CCCCC(CN)NC(=O)Cc1ccc(OCc2c(C)noc2C)cc1. The Morgan fingerprint density at radius 1 is 1.31 bits per heavy atom. The van der Waals surface area contributed by atoms with Crippen LogP contribution in [0.25, 0.3) is 0 Å². The second kappa shape index (κ2) is 9.97. The molecule has 6 heteroatoms. The van der Waals surface area contributed by atoms with E-state index in [1.807, 2.05) is 38.1 Å². The second-order valence-electron chi connectivity index (χ2n) is 6.55. The van der Waals surface area contributed by atoms with Crippen LogP contribution in [-0.4, -0.2) is 23.7 Å². The first-order chi connectivity index (χ1) is 12.5. The minimum Gasteiger partial charge on any atom is -0.489 e. The molecule has 0 aliphatic carbocycles. The molecular weight excluding hydrogens is 330 g/mol. The maximum absolute atomic E-state index is 12.2. The van der Waals surface area contributed by atoms with Crippen LogP contribution in [0, 0.1) is 13.8 Å². The first-order valence-corrected chi connectivity index (χ1v) is 9.16. The van der Waals surface area contributed by atoms with Crippen molar-refractivity contribution in [3.8, 4) is 5.75 Å². The normalized spacial score (nSPS) is 12.0. The molecule has 3 N–H and O–H groups in total. The molecule has 0 bridgehead atoms. The minimum absolute atomic E-state index is 0.000873. The summed E-state index contributed by atoms with van der Waals surface area (Å²) in [4.78, 5) is 12.2. The molecule has 0 radical (unpaired) electrons. The molecule has 1 aromatic carbocycles. The van der Waals surface area contributed by atoms with Gasteiger partial charge in [0.25, 0.3) is 0 Å². The van der Waals surface area contributed by atoms with Crippen molar-refractivity contribution in [3.05, 3.63) is 46.8 Å². The van der Waals surface area contributed by atoms with Gasteiger partial charge < -0.3 is 20.3 Å². The quantitative estimate of drug-likeness (QED) is 0.680. The summed E-state index contributed by atoms with van der Waals surface area (Å²) >= 11 is 0. The van der Waals surface area contributed by atoms with E-state index in [0.29, 0.717) is 19.6 Å². The maximum atomic E-state index is 12.2. The van der Waals surface area contributed by atoms with Crippen molar-refractivity contribution in [3.63, 3.8) is 0 Å². The van der Waals surface area contributed by atoms with Gasteiger partial charge in [-0.05, 0) is 38.0 Å². The lowest BCUT2D eigenvalue weighted by molar-refractivity contribution is -0.121. The fourth-order valence-corrected chi connectivity index (χ4v) is 2.73. The highest BCUT2D eigenvalue weighted by molar-refractivity contribution is 5.78. The zero-order valence-electron chi connectivity index (χ0n) is 15.9. The third-order valence-corrected chi connectivity index (χ3v) is 4.41. The summed E-state index contributed by atoms with van der Waals surface area (Å²) in [5.74, 6) is 1.52. The van der Waals surface area contributed by atoms with Gasteiger partial charge in [0.1, 0.15) is 18.1 Å². The number of benzene rings is 1. The van der Waals surface area contributed by atoms with Gasteiger partial charge in [-0.2, -0.15) is 0 Å². The molecule has 142 valence electrons. The number of carbonyl (C=O) groups is 1. The largest absolute Gasteiger partial charge is 0.489 e. The van der Waals surface area contributed by atoms with Crippen molar-refractivity contribution >= 4 is 5.91 Å². The summed E-state index contributed by atoms with van der Waals surface area (Å²) in [5, 5.41) is 6.92. The number of carbonyl (C=O) groups excluding carboxylic acids is 1. The summed E-state index contributed by atoms with van der Waals surface area (Å²) in [6.07, 6.45) is 3.43. The predicted octanol–water partition coefficient (Wildman–Crippen LogP) is 3.05. The smallest absolute Gasteiger partial charge is 0.224 e. The molecule has 0 saturated heterocycles.